The molecule has 0 aromatic carbocycles. The third-order valence-corrected chi connectivity index (χ3v) is 3.04. The molecule has 1 fully saturated rings. The molecule has 2 N–H and O–H groups in total. The van der Waals surface area contributed by atoms with Crippen LogP contribution in [0.5, 0.6) is 0 Å². The molecule has 15 heavy (non-hydrogen) atoms. The lowest BCUT2D eigenvalue weighted by atomic mass is 9.87. The van der Waals surface area contributed by atoms with Crippen LogP contribution in [-0.4, -0.2) is 15.0 Å². The summed E-state index contributed by atoms with van der Waals surface area (Å²) in [6.45, 7) is 0. The van der Waals surface area contributed by atoms with Gasteiger partial charge >= 0.3 is 0 Å². The summed E-state index contributed by atoms with van der Waals surface area (Å²) in [5, 5.41) is 0.202. The lowest BCUT2D eigenvalue weighted by Gasteiger charge is -2.20. The molecule has 1 aliphatic rings. The van der Waals surface area contributed by atoms with Crippen LogP contribution < -0.4 is 5.73 Å². The van der Waals surface area contributed by atoms with E-state index in [2.05, 4.69) is 15.0 Å². The number of nitrogens with zero attached hydrogens (tertiary/aromatic N) is 3. The van der Waals surface area contributed by atoms with Crippen LogP contribution in [-0.2, 0) is 6.42 Å². The van der Waals surface area contributed by atoms with E-state index in [1.807, 2.05) is 0 Å². The molecule has 1 aromatic heterocycles. The quantitative estimate of drug-likeness (QED) is 0.840. The molecule has 1 heterocycles. The van der Waals surface area contributed by atoms with Gasteiger partial charge in [0.2, 0.25) is 11.2 Å². The molecule has 2 rings (SSSR count). The molecule has 1 saturated carbocycles. The maximum atomic E-state index is 5.73. The van der Waals surface area contributed by atoms with Crippen LogP contribution in [0.2, 0.25) is 5.28 Å². The summed E-state index contributed by atoms with van der Waals surface area (Å²) in [5.74, 6) is 1.65. The second kappa shape index (κ2) is 4.75. The van der Waals surface area contributed by atoms with Crippen molar-refractivity contribution in [3.05, 3.63) is 11.1 Å². The van der Waals surface area contributed by atoms with Crippen LogP contribution >= 0.6 is 11.6 Å². The minimum atomic E-state index is 0.202. The van der Waals surface area contributed by atoms with E-state index in [-0.39, 0.29) is 11.2 Å². The summed E-state index contributed by atoms with van der Waals surface area (Å²) < 4.78 is 0. The number of nitrogens with two attached hydrogens (primary N) is 1. The second-order valence-corrected chi connectivity index (χ2v) is 4.43. The normalized spacial score (nSPS) is 17.9. The van der Waals surface area contributed by atoms with Crippen molar-refractivity contribution < 1.29 is 0 Å². The molecule has 0 saturated heterocycles. The monoisotopic (exact) mass is 226 g/mol. The zero-order valence-electron chi connectivity index (χ0n) is 8.62. The van der Waals surface area contributed by atoms with E-state index in [0.29, 0.717) is 5.92 Å². The van der Waals surface area contributed by atoms with Crippen molar-refractivity contribution in [3.63, 3.8) is 0 Å². The fraction of sp³-hybridized carbons (Fsp3) is 0.700. The van der Waals surface area contributed by atoms with Crippen LogP contribution in [0.3, 0.4) is 0 Å². The van der Waals surface area contributed by atoms with E-state index in [1.165, 1.54) is 32.1 Å². The van der Waals surface area contributed by atoms with Crippen molar-refractivity contribution in [1.29, 1.82) is 0 Å². The lowest BCUT2D eigenvalue weighted by molar-refractivity contribution is 0.351. The highest BCUT2D eigenvalue weighted by atomic mass is 35.5. The average Bonchev–Trinajstić information content (AvgIpc) is 2.17. The molecule has 0 amide bonds. The lowest BCUT2D eigenvalue weighted by Crippen LogP contribution is -2.12. The Balaban J connectivity index is 2.02. The number of halogens is 1. The average molecular weight is 227 g/mol. The molecular weight excluding hydrogens is 212 g/mol. The topological polar surface area (TPSA) is 64.7 Å². The smallest absolute Gasteiger partial charge is 0.227 e. The van der Waals surface area contributed by atoms with Crippen molar-refractivity contribution in [1.82, 2.24) is 15.0 Å². The maximum Gasteiger partial charge on any atom is 0.227 e. The number of anilines is 1. The van der Waals surface area contributed by atoms with E-state index in [0.717, 1.165) is 12.2 Å². The number of nitrogen functional groups attached to an aromatic ring is 1. The Bertz CT molecular complexity index is 316. The molecule has 5 heteroatoms. The highest BCUT2D eigenvalue weighted by Gasteiger charge is 2.15. The highest BCUT2D eigenvalue weighted by molar-refractivity contribution is 6.28. The second-order valence-electron chi connectivity index (χ2n) is 4.09. The van der Waals surface area contributed by atoms with E-state index < -0.39 is 0 Å². The summed E-state index contributed by atoms with van der Waals surface area (Å²) in [6.07, 6.45) is 7.41. The van der Waals surface area contributed by atoms with Gasteiger partial charge in [0.15, 0.2) is 0 Å². The van der Waals surface area contributed by atoms with Gasteiger partial charge in [0.1, 0.15) is 5.82 Å². The third-order valence-electron chi connectivity index (χ3n) is 2.87. The standard InChI is InChI=1S/C10H15ClN4/c11-9-13-8(14-10(12)15-9)6-7-4-2-1-3-5-7/h7H,1-6H2,(H2,12,13,14,15). The Morgan fingerprint density at radius 1 is 1.13 bits per heavy atom. The van der Waals surface area contributed by atoms with Crippen LogP contribution in [0.15, 0.2) is 0 Å². The summed E-state index contributed by atoms with van der Waals surface area (Å²) >= 11 is 5.73. The molecule has 0 radical (unpaired) electrons. The first-order valence-corrected chi connectivity index (χ1v) is 5.78. The Morgan fingerprint density at radius 2 is 1.87 bits per heavy atom. The fourth-order valence-electron chi connectivity index (χ4n) is 2.15. The number of hydrogen-bond acceptors (Lipinski definition) is 4. The summed E-state index contributed by atoms with van der Waals surface area (Å²) in [4.78, 5) is 11.9. The fourth-order valence-corrected chi connectivity index (χ4v) is 2.33. The zero-order chi connectivity index (χ0) is 10.7. The number of hydrogen-bond donors (Lipinski definition) is 1. The number of aromatic nitrogens is 3. The van der Waals surface area contributed by atoms with Crippen LogP contribution in [0.1, 0.15) is 37.9 Å². The molecule has 0 unspecified atom stereocenters. The summed E-state index contributed by atoms with van der Waals surface area (Å²) in [5.41, 5.74) is 5.52. The van der Waals surface area contributed by atoms with Gasteiger partial charge in [-0.05, 0) is 17.5 Å². The molecule has 1 aliphatic carbocycles. The molecule has 0 atom stereocenters. The predicted octanol–water partition coefficient (Wildman–Crippen LogP) is 2.23. The Kier molecular flexibility index (Phi) is 3.36. The molecule has 1 aromatic rings. The van der Waals surface area contributed by atoms with Crippen LogP contribution in [0, 0.1) is 5.92 Å². The van der Waals surface area contributed by atoms with E-state index in [9.17, 15) is 0 Å². The third kappa shape index (κ3) is 3.02. The first kappa shape index (κ1) is 10.6. The minimum Gasteiger partial charge on any atom is -0.368 e. The van der Waals surface area contributed by atoms with Crippen molar-refractivity contribution in [2.24, 2.45) is 5.92 Å². The van der Waals surface area contributed by atoms with E-state index >= 15 is 0 Å². The minimum absolute atomic E-state index is 0.202. The van der Waals surface area contributed by atoms with Gasteiger partial charge in [0.25, 0.3) is 0 Å². The molecular formula is C10H15ClN4. The number of rotatable bonds is 2. The van der Waals surface area contributed by atoms with Gasteiger partial charge in [-0.1, -0.05) is 32.1 Å². The largest absolute Gasteiger partial charge is 0.368 e. The Labute approximate surface area is 94.3 Å². The molecule has 0 bridgehead atoms. The van der Waals surface area contributed by atoms with E-state index in [1.54, 1.807) is 0 Å². The molecule has 4 nitrogen and oxygen atoms in total. The first-order chi connectivity index (χ1) is 7.24. The van der Waals surface area contributed by atoms with Gasteiger partial charge in [-0.15, -0.1) is 0 Å². The van der Waals surface area contributed by atoms with Gasteiger partial charge in [-0.25, -0.2) is 4.98 Å². The van der Waals surface area contributed by atoms with Gasteiger partial charge in [-0.2, -0.15) is 9.97 Å². The highest BCUT2D eigenvalue weighted by Crippen LogP contribution is 2.26. The Hall–Kier alpha value is -0.900. The van der Waals surface area contributed by atoms with Crippen molar-refractivity contribution in [2.45, 2.75) is 38.5 Å². The van der Waals surface area contributed by atoms with Gasteiger partial charge in [0.05, 0.1) is 0 Å². The first-order valence-electron chi connectivity index (χ1n) is 5.40. The Morgan fingerprint density at radius 3 is 2.53 bits per heavy atom. The molecule has 0 spiro atoms. The summed E-state index contributed by atoms with van der Waals surface area (Å²) in [6, 6.07) is 0. The van der Waals surface area contributed by atoms with Gasteiger partial charge in [-0.3, -0.25) is 0 Å². The van der Waals surface area contributed by atoms with Gasteiger partial charge in [0, 0.05) is 6.42 Å². The van der Waals surface area contributed by atoms with Crippen molar-refractivity contribution in [3.8, 4) is 0 Å². The van der Waals surface area contributed by atoms with Crippen LogP contribution in [0.25, 0.3) is 0 Å². The van der Waals surface area contributed by atoms with Crippen molar-refractivity contribution >= 4 is 17.5 Å². The maximum absolute atomic E-state index is 5.73. The van der Waals surface area contributed by atoms with Crippen LogP contribution in [0.4, 0.5) is 5.95 Å². The van der Waals surface area contributed by atoms with Gasteiger partial charge < -0.3 is 5.73 Å². The summed E-state index contributed by atoms with van der Waals surface area (Å²) in [7, 11) is 0. The van der Waals surface area contributed by atoms with E-state index in [4.69, 9.17) is 17.3 Å². The SMILES string of the molecule is Nc1nc(Cl)nc(CC2CCCCC2)n1. The molecule has 82 valence electrons. The zero-order valence-corrected chi connectivity index (χ0v) is 9.37. The van der Waals surface area contributed by atoms with Crippen molar-refractivity contribution in [2.75, 3.05) is 5.73 Å². The predicted molar refractivity (Wildman–Crippen MR) is 59.5 cm³/mol. The molecule has 0 aliphatic heterocycles.